The second-order valence-corrected chi connectivity index (χ2v) is 4.12. The number of aryl methyl sites for hydroxylation is 1. The molecule has 1 aromatic heterocycles. The topological polar surface area (TPSA) is 91.3 Å². The van der Waals surface area contributed by atoms with Crippen molar-refractivity contribution in [3.05, 3.63) is 15.6 Å². The third-order valence-electron chi connectivity index (χ3n) is 1.77. The van der Waals surface area contributed by atoms with Crippen LogP contribution in [0, 0.1) is 6.92 Å². The van der Waals surface area contributed by atoms with Gasteiger partial charge in [0, 0.05) is 6.54 Å². The summed E-state index contributed by atoms with van der Waals surface area (Å²) in [6, 6.07) is -0.285. The van der Waals surface area contributed by atoms with E-state index in [4.69, 9.17) is 5.11 Å². The van der Waals surface area contributed by atoms with Gasteiger partial charge in [-0.1, -0.05) is 0 Å². The van der Waals surface area contributed by atoms with Gasteiger partial charge in [-0.15, -0.1) is 11.3 Å². The summed E-state index contributed by atoms with van der Waals surface area (Å²) in [6.45, 7) is 4.24. The van der Waals surface area contributed by atoms with Crippen molar-refractivity contribution in [2.24, 2.45) is 0 Å². The highest BCUT2D eigenvalue weighted by Gasteiger charge is 2.13. The number of carbonyl (C=O) groups is 2. The number of aromatic carboxylic acids is 1. The summed E-state index contributed by atoms with van der Waals surface area (Å²) in [7, 11) is 0. The molecule has 3 N–H and O–H groups in total. The van der Waals surface area contributed by atoms with Crippen LogP contribution in [-0.4, -0.2) is 28.6 Å². The van der Waals surface area contributed by atoms with Crippen LogP contribution in [0.25, 0.3) is 0 Å². The molecule has 1 aromatic rings. The van der Waals surface area contributed by atoms with E-state index in [9.17, 15) is 9.59 Å². The van der Waals surface area contributed by atoms with Crippen LogP contribution in [0.15, 0.2) is 0 Å². The molecule has 7 heteroatoms. The van der Waals surface area contributed by atoms with Crippen LogP contribution in [0.4, 0.5) is 4.79 Å². The van der Waals surface area contributed by atoms with Crippen molar-refractivity contribution in [1.29, 1.82) is 0 Å². The van der Waals surface area contributed by atoms with E-state index in [1.807, 2.05) is 6.92 Å². The van der Waals surface area contributed by atoms with E-state index < -0.39 is 5.97 Å². The number of hydrogen-bond acceptors (Lipinski definition) is 4. The maximum absolute atomic E-state index is 11.1. The van der Waals surface area contributed by atoms with E-state index in [0.29, 0.717) is 17.2 Å². The molecular weight excluding hydrogens is 230 g/mol. The highest BCUT2D eigenvalue weighted by molar-refractivity contribution is 7.13. The average Bonchev–Trinajstić information content (AvgIpc) is 2.57. The smallest absolute Gasteiger partial charge is 0.347 e. The molecule has 0 fully saturated rings. The molecule has 0 unspecified atom stereocenters. The number of aromatic nitrogens is 1. The fourth-order valence-electron chi connectivity index (χ4n) is 1.11. The molecule has 0 aliphatic carbocycles. The molecule has 0 saturated heterocycles. The van der Waals surface area contributed by atoms with Crippen molar-refractivity contribution >= 4 is 23.3 Å². The van der Waals surface area contributed by atoms with Crippen LogP contribution < -0.4 is 10.6 Å². The Bertz CT molecular complexity index is 403. The number of urea groups is 1. The SMILES string of the molecule is CCNC(=O)NCc1nc(C)c(C(=O)O)s1. The number of thiazole rings is 1. The minimum atomic E-state index is -0.987. The largest absolute Gasteiger partial charge is 0.477 e. The Kier molecular flexibility index (Phi) is 4.24. The zero-order valence-electron chi connectivity index (χ0n) is 9.03. The van der Waals surface area contributed by atoms with Gasteiger partial charge in [0.25, 0.3) is 0 Å². The molecule has 16 heavy (non-hydrogen) atoms. The number of hydrogen-bond donors (Lipinski definition) is 3. The number of nitrogens with zero attached hydrogens (tertiary/aromatic N) is 1. The fraction of sp³-hybridized carbons (Fsp3) is 0.444. The highest BCUT2D eigenvalue weighted by Crippen LogP contribution is 2.17. The van der Waals surface area contributed by atoms with E-state index in [1.54, 1.807) is 6.92 Å². The van der Waals surface area contributed by atoms with Gasteiger partial charge in [-0.05, 0) is 13.8 Å². The van der Waals surface area contributed by atoms with Crippen molar-refractivity contribution in [2.45, 2.75) is 20.4 Å². The van der Waals surface area contributed by atoms with Crippen LogP contribution in [0.1, 0.15) is 27.3 Å². The summed E-state index contributed by atoms with van der Waals surface area (Å²) in [4.78, 5) is 26.1. The molecule has 0 radical (unpaired) electrons. The van der Waals surface area contributed by atoms with Crippen molar-refractivity contribution in [3.63, 3.8) is 0 Å². The Morgan fingerprint density at radius 1 is 1.44 bits per heavy atom. The molecule has 6 nitrogen and oxygen atoms in total. The number of nitrogens with one attached hydrogen (secondary N) is 2. The molecule has 0 atom stereocenters. The molecule has 0 aromatic carbocycles. The molecule has 88 valence electrons. The van der Waals surface area contributed by atoms with Gasteiger partial charge < -0.3 is 15.7 Å². The first-order valence-corrected chi connectivity index (χ1v) is 5.57. The number of rotatable bonds is 4. The van der Waals surface area contributed by atoms with E-state index in [-0.39, 0.29) is 17.5 Å². The van der Waals surface area contributed by atoms with Crippen molar-refractivity contribution in [1.82, 2.24) is 15.6 Å². The third-order valence-corrected chi connectivity index (χ3v) is 2.92. The predicted octanol–water partition coefficient (Wildman–Crippen LogP) is 0.969. The van der Waals surface area contributed by atoms with E-state index >= 15 is 0 Å². The average molecular weight is 243 g/mol. The molecule has 1 rings (SSSR count). The highest BCUT2D eigenvalue weighted by atomic mass is 32.1. The first-order chi connectivity index (χ1) is 7.54. The van der Waals surface area contributed by atoms with Gasteiger partial charge in [0.1, 0.15) is 9.88 Å². The molecule has 2 amide bonds. The van der Waals surface area contributed by atoms with E-state index in [0.717, 1.165) is 11.3 Å². The van der Waals surface area contributed by atoms with Gasteiger partial charge in [-0.2, -0.15) is 0 Å². The fourth-order valence-corrected chi connectivity index (χ4v) is 1.95. The second-order valence-electron chi connectivity index (χ2n) is 3.04. The summed E-state index contributed by atoms with van der Waals surface area (Å²) < 4.78 is 0. The van der Waals surface area contributed by atoms with Gasteiger partial charge in [0.2, 0.25) is 0 Å². The van der Waals surface area contributed by atoms with Crippen molar-refractivity contribution in [3.8, 4) is 0 Å². The maximum Gasteiger partial charge on any atom is 0.347 e. The monoisotopic (exact) mass is 243 g/mol. The van der Waals surface area contributed by atoms with Crippen LogP contribution in [0.2, 0.25) is 0 Å². The quantitative estimate of drug-likeness (QED) is 0.734. The van der Waals surface area contributed by atoms with Gasteiger partial charge in [-0.3, -0.25) is 0 Å². The summed E-state index contributed by atoms with van der Waals surface area (Å²) in [5, 5.41) is 14.6. The zero-order chi connectivity index (χ0) is 12.1. The van der Waals surface area contributed by atoms with Crippen LogP contribution in [0.3, 0.4) is 0 Å². The molecule has 0 spiro atoms. The minimum absolute atomic E-state index is 0.215. The minimum Gasteiger partial charge on any atom is -0.477 e. The van der Waals surface area contributed by atoms with Crippen LogP contribution in [0.5, 0.6) is 0 Å². The lowest BCUT2D eigenvalue weighted by Gasteiger charge is -2.02. The number of carboxylic acid groups (broad SMARTS) is 1. The Labute approximate surface area is 96.7 Å². The van der Waals surface area contributed by atoms with Crippen LogP contribution in [-0.2, 0) is 6.54 Å². The molecular formula is C9H13N3O3S. The molecule has 0 bridgehead atoms. The number of carboxylic acids is 1. The number of carbonyl (C=O) groups excluding carboxylic acids is 1. The van der Waals surface area contributed by atoms with Crippen LogP contribution >= 0.6 is 11.3 Å². The Hall–Kier alpha value is -1.63. The molecule has 0 saturated carbocycles. The van der Waals surface area contributed by atoms with Gasteiger partial charge in [-0.25, -0.2) is 14.6 Å². The van der Waals surface area contributed by atoms with Crippen molar-refractivity contribution < 1.29 is 14.7 Å². The Morgan fingerprint density at radius 2 is 2.12 bits per heavy atom. The molecule has 1 heterocycles. The third kappa shape index (κ3) is 3.20. The lowest BCUT2D eigenvalue weighted by Crippen LogP contribution is -2.34. The zero-order valence-corrected chi connectivity index (χ0v) is 9.85. The Morgan fingerprint density at radius 3 is 2.62 bits per heavy atom. The summed E-state index contributed by atoms with van der Waals surface area (Å²) in [5.74, 6) is -0.987. The summed E-state index contributed by atoms with van der Waals surface area (Å²) in [5.41, 5.74) is 0.477. The second kappa shape index (κ2) is 5.45. The van der Waals surface area contributed by atoms with E-state index in [2.05, 4.69) is 15.6 Å². The summed E-state index contributed by atoms with van der Waals surface area (Å²) in [6.07, 6.45) is 0. The lowest BCUT2D eigenvalue weighted by molar-refractivity contribution is 0.0701. The standard InChI is InChI=1S/C9H13N3O3S/c1-3-10-9(15)11-4-6-12-5(2)7(16-6)8(13)14/h3-4H2,1-2H3,(H,13,14)(H2,10,11,15). The molecule has 0 aliphatic heterocycles. The first-order valence-electron chi connectivity index (χ1n) is 4.76. The van der Waals surface area contributed by atoms with Gasteiger partial charge in [0.05, 0.1) is 12.2 Å². The van der Waals surface area contributed by atoms with E-state index in [1.165, 1.54) is 0 Å². The normalized spacial score (nSPS) is 9.88. The number of amides is 2. The maximum atomic E-state index is 11.1. The van der Waals surface area contributed by atoms with Crippen molar-refractivity contribution in [2.75, 3.05) is 6.54 Å². The Balaban J connectivity index is 2.58. The van der Waals surface area contributed by atoms with Gasteiger partial charge in [0.15, 0.2) is 0 Å². The molecule has 0 aliphatic rings. The first kappa shape index (κ1) is 12.4. The lowest BCUT2D eigenvalue weighted by atomic mass is 10.4. The predicted molar refractivity (Wildman–Crippen MR) is 59.7 cm³/mol. The van der Waals surface area contributed by atoms with Gasteiger partial charge >= 0.3 is 12.0 Å². The summed E-state index contributed by atoms with van der Waals surface area (Å²) >= 11 is 1.07.